The third-order valence-corrected chi connectivity index (χ3v) is 0.627. The average Bonchev–Trinajstić information content (AvgIpc) is 1.86. The second-order valence-corrected chi connectivity index (χ2v) is 1.91. The molecule has 0 aromatic rings. The van der Waals surface area contributed by atoms with Gasteiger partial charge in [0, 0.05) is 0 Å². The molecule has 5 nitrogen and oxygen atoms in total. The van der Waals surface area contributed by atoms with Gasteiger partial charge in [0.25, 0.3) is 0 Å². The first-order chi connectivity index (χ1) is 5.16. The molecular formula is C6H9O5. The van der Waals surface area contributed by atoms with E-state index < -0.39 is 12.9 Å². The fraction of sp³-hybridized carbons (Fsp3) is 0.667. The van der Waals surface area contributed by atoms with Crippen molar-refractivity contribution < 1.29 is 23.8 Å². The maximum absolute atomic E-state index is 10.5. The van der Waals surface area contributed by atoms with E-state index in [-0.39, 0.29) is 6.10 Å². The number of carbonyl (C=O) groups excluding carboxylic acids is 2. The fourth-order valence-corrected chi connectivity index (χ4v) is 0.328. The van der Waals surface area contributed by atoms with Crippen molar-refractivity contribution in [1.29, 1.82) is 0 Å². The zero-order valence-corrected chi connectivity index (χ0v) is 6.33. The molecule has 0 atom stereocenters. The molecule has 0 unspecified atom stereocenters. The zero-order valence-electron chi connectivity index (χ0n) is 6.33. The summed E-state index contributed by atoms with van der Waals surface area (Å²) in [5.41, 5.74) is 0. The monoisotopic (exact) mass is 161 g/mol. The Morgan fingerprint density at radius 1 is 1.55 bits per heavy atom. The van der Waals surface area contributed by atoms with Crippen molar-refractivity contribution in [1.82, 2.24) is 0 Å². The molecule has 1 radical (unpaired) electrons. The molecule has 0 amide bonds. The van der Waals surface area contributed by atoms with Crippen LogP contribution in [0.1, 0.15) is 13.8 Å². The number of hydrogen-bond donors (Lipinski definition) is 0. The Bertz CT molecular complexity index is 131. The first-order valence-corrected chi connectivity index (χ1v) is 2.99. The number of ether oxygens (including phenoxy) is 3. The van der Waals surface area contributed by atoms with Crippen molar-refractivity contribution in [2.75, 3.05) is 6.79 Å². The molecule has 11 heavy (non-hydrogen) atoms. The van der Waals surface area contributed by atoms with E-state index in [0.717, 1.165) is 6.47 Å². The van der Waals surface area contributed by atoms with Crippen molar-refractivity contribution in [3.05, 3.63) is 0 Å². The Balaban J connectivity index is 3.30. The van der Waals surface area contributed by atoms with Crippen LogP contribution in [0.2, 0.25) is 0 Å². The van der Waals surface area contributed by atoms with Crippen molar-refractivity contribution in [3.63, 3.8) is 0 Å². The summed E-state index contributed by atoms with van der Waals surface area (Å²) in [7, 11) is 0. The third kappa shape index (κ3) is 6.63. The minimum absolute atomic E-state index is 0.247. The smallest absolute Gasteiger partial charge is 0.431 e. The van der Waals surface area contributed by atoms with Gasteiger partial charge in [-0.05, 0) is 13.8 Å². The molecule has 0 saturated carbocycles. The largest absolute Gasteiger partial charge is 0.511 e. The highest BCUT2D eigenvalue weighted by Crippen LogP contribution is 1.91. The second-order valence-electron chi connectivity index (χ2n) is 1.91. The van der Waals surface area contributed by atoms with Gasteiger partial charge in [-0.15, -0.1) is 0 Å². The summed E-state index contributed by atoms with van der Waals surface area (Å²) in [5.74, 6) is 0. The second kappa shape index (κ2) is 5.52. The van der Waals surface area contributed by atoms with Gasteiger partial charge < -0.3 is 14.2 Å². The topological polar surface area (TPSA) is 61.8 Å². The Labute approximate surface area is 64.2 Å². The zero-order chi connectivity index (χ0) is 8.69. The lowest BCUT2D eigenvalue weighted by molar-refractivity contribution is -0.0129. The minimum Gasteiger partial charge on any atom is -0.431 e. The summed E-state index contributed by atoms with van der Waals surface area (Å²) in [6.45, 7) is 3.98. The van der Waals surface area contributed by atoms with E-state index in [4.69, 9.17) is 0 Å². The number of hydrogen-bond acceptors (Lipinski definition) is 5. The van der Waals surface area contributed by atoms with Crippen LogP contribution in [0, 0.1) is 0 Å². The highest BCUT2D eigenvalue weighted by atomic mass is 16.8. The van der Waals surface area contributed by atoms with Gasteiger partial charge in [0.05, 0.1) is 6.10 Å². The van der Waals surface area contributed by atoms with Crippen LogP contribution < -0.4 is 0 Å². The molecule has 0 fully saturated rings. The molecule has 0 aliphatic rings. The minimum atomic E-state index is -0.866. The Morgan fingerprint density at radius 3 is 2.64 bits per heavy atom. The fourth-order valence-electron chi connectivity index (χ4n) is 0.328. The van der Waals surface area contributed by atoms with E-state index in [1.165, 1.54) is 0 Å². The molecule has 0 rings (SSSR count). The predicted molar refractivity (Wildman–Crippen MR) is 34.3 cm³/mol. The van der Waals surface area contributed by atoms with Crippen molar-refractivity contribution in [2.45, 2.75) is 20.0 Å². The van der Waals surface area contributed by atoms with Crippen LogP contribution in [0.25, 0.3) is 0 Å². The lowest BCUT2D eigenvalue weighted by Gasteiger charge is -2.06. The molecule has 0 aliphatic carbocycles. The summed E-state index contributed by atoms with van der Waals surface area (Å²) < 4.78 is 12.7. The molecular weight excluding hydrogens is 152 g/mol. The highest BCUT2D eigenvalue weighted by Gasteiger charge is 2.05. The summed E-state index contributed by atoms with van der Waals surface area (Å²) in [6.07, 6.45) is -1.11. The van der Waals surface area contributed by atoms with Crippen LogP contribution in [0.4, 0.5) is 4.79 Å². The maximum atomic E-state index is 10.5. The van der Waals surface area contributed by atoms with Crippen LogP contribution >= 0.6 is 0 Å². The SMILES string of the molecule is CC(C)OC(=O)OCO[C]=O. The average molecular weight is 161 g/mol. The van der Waals surface area contributed by atoms with Crippen molar-refractivity contribution in [3.8, 4) is 0 Å². The maximum Gasteiger partial charge on any atom is 0.511 e. The van der Waals surface area contributed by atoms with Crippen LogP contribution in [0.3, 0.4) is 0 Å². The van der Waals surface area contributed by atoms with E-state index in [2.05, 4.69) is 14.2 Å². The highest BCUT2D eigenvalue weighted by molar-refractivity contribution is 5.60. The molecule has 0 heterocycles. The van der Waals surface area contributed by atoms with Crippen LogP contribution in [-0.4, -0.2) is 25.5 Å². The molecule has 0 aliphatic heterocycles. The van der Waals surface area contributed by atoms with Gasteiger partial charge in [0.2, 0.25) is 6.79 Å². The van der Waals surface area contributed by atoms with E-state index >= 15 is 0 Å². The summed E-state index contributed by atoms with van der Waals surface area (Å²) >= 11 is 0. The standard InChI is InChI=1S/C6H9O5/c1-5(2)11-6(8)10-4-9-3-7/h5H,4H2,1-2H3. The van der Waals surface area contributed by atoms with Gasteiger partial charge in [0.15, 0.2) is 0 Å². The van der Waals surface area contributed by atoms with Crippen LogP contribution in [0.15, 0.2) is 0 Å². The first-order valence-electron chi connectivity index (χ1n) is 2.99. The molecule has 0 bridgehead atoms. The molecule has 0 aromatic heterocycles. The van der Waals surface area contributed by atoms with Gasteiger partial charge in [-0.25, -0.2) is 9.59 Å². The van der Waals surface area contributed by atoms with Gasteiger partial charge in [-0.1, -0.05) is 0 Å². The van der Waals surface area contributed by atoms with Gasteiger partial charge in [0.1, 0.15) is 0 Å². The number of rotatable bonds is 4. The summed E-state index contributed by atoms with van der Waals surface area (Å²) in [4.78, 5) is 19.9. The van der Waals surface area contributed by atoms with E-state index in [0.29, 0.717) is 0 Å². The molecule has 5 heteroatoms. The van der Waals surface area contributed by atoms with E-state index in [1.54, 1.807) is 13.8 Å². The van der Waals surface area contributed by atoms with Gasteiger partial charge in [-0.3, -0.25) is 0 Å². The Hall–Kier alpha value is -1.26. The summed E-state index contributed by atoms with van der Waals surface area (Å²) in [5, 5.41) is 0. The van der Waals surface area contributed by atoms with Gasteiger partial charge >= 0.3 is 12.6 Å². The van der Waals surface area contributed by atoms with Crippen LogP contribution in [0.5, 0.6) is 0 Å². The molecule has 63 valence electrons. The molecule has 0 spiro atoms. The van der Waals surface area contributed by atoms with Crippen LogP contribution in [-0.2, 0) is 19.0 Å². The Morgan fingerprint density at radius 2 is 2.18 bits per heavy atom. The Kier molecular flexibility index (Phi) is 4.89. The molecule has 0 N–H and O–H groups in total. The lowest BCUT2D eigenvalue weighted by atomic mass is 10.5. The third-order valence-electron chi connectivity index (χ3n) is 0.627. The van der Waals surface area contributed by atoms with E-state index in [9.17, 15) is 9.59 Å². The summed E-state index contributed by atoms with van der Waals surface area (Å²) in [6, 6.07) is 0. The molecule has 0 aromatic carbocycles. The number of carbonyl (C=O) groups is 1. The van der Waals surface area contributed by atoms with E-state index in [1.807, 2.05) is 0 Å². The first kappa shape index (κ1) is 9.74. The van der Waals surface area contributed by atoms with Gasteiger partial charge in [-0.2, -0.15) is 0 Å². The molecule has 0 saturated heterocycles. The predicted octanol–water partition coefficient (Wildman–Crippen LogP) is 0.589. The quantitative estimate of drug-likeness (QED) is 0.343. The van der Waals surface area contributed by atoms with Crippen molar-refractivity contribution >= 4 is 12.6 Å². The van der Waals surface area contributed by atoms with Crippen molar-refractivity contribution in [2.24, 2.45) is 0 Å². The lowest BCUT2D eigenvalue weighted by Crippen LogP contribution is -2.14. The normalized spacial score (nSPS) is 9.00.